The molecular weight excluding hydrogens is 198 g/mol. The number of rotatable bonds is 1. The minimum Gasteiger partial charge on any atom is -0.391 e. The van der Waals surface area contributed by atoms with Crippen LogP contribution in [0.1, 0.15) is 47.0 Å². The fourth-order valence-corrected chi connectivity index (χ4v) is 4.10. The molecule has 0 aromatic rings. The van der Waals surface area contributed by atoms with Crippen molar-refractivity contribution in [2.24, 2.45) is 17.8 Å². The van der Waals surface area contributed by atoms with Gasteiger partial charge < -0.3 is 5.11 Å². The highest BCUT2D eigenvalue weighted by Crippen LogP contribution is 2.36. The molecule has 1 aliphatic carbocycles. The van der Waals surface area contributed by atoms with E-state index in [-0.39, 0.29) is 6.10 Å². The van der Waals surface area contributed by atoms with Gasteiger partial charge in [0.05, 0.1) is 6.10 Å². The number of aliphatic hydroxyl groups excluding tert-OH is 1. The highest BCUT2D eigenvalue weighted by molar-refractivity contribution is 4.94. The molecule has 2 nitrogen and oxygen atoms in total. The van der Waals surface area contributed by atoms with Gasteiger partial charge in [0, 0.05) is 18.6 Å². The Morgan fingerprint density at radius 1 is 0.938 bits per heavy atom. The van der Waals surface area contributed by atoms with Gasteiger partial charge in [-0.3, -0.25) is 4.90 Å². The third-order valence-electron chi connectivity index (χ3n) is 4.61. The van der Waals surface area contributed by atoms with E-state index in [9.17, 15) is 5.11 Å². The van der Waals surface area contributed by atoms with Gasteiger partial charge in [0.25, 0.3) is 0 Å². The van der Waals surface area contributed by atoms with Crippen molar-refractivity contribution < 1.29 is 5.11 Å². The molecule has 0 amide bonds. The molecule has 1 N–H and O–H groups in total. The molecule has 1 saturated heterocycles. The van der Waals surface area contributed by atoms with Gasteiger partial charge in [-0.2, -0.15) is 0 Å². The van der Waals surface area contributed by atoms with Gasteiger partial charge in [-0.15, -0.1) is 0 Å². The quantitative estimate of drug-likeness (QED) is 0.741. The van der Waals surface area contributed by atoms with Gasteiger partial charge in [-0.25, -0.2) is 0 Å². The summed E-state index contributed by atoms with van der Waals surface area (Å²) in [6, 6.07) is 1.07. The Balaban J connectivity index is 2.07. The molecule has 1 aliphatic heterocycles. The van der Waals surface area contributed by atoms with Crippen molar-refractivity contribution in [1.29, 1.82) is 0 Å². The Morgan fingerprint density at radius 2 is 1.62 bits per heavy atom. The zero-order valence-corrected chi connectivity index (χ0v) is 11.2. The monoisotopic (exact) mass is 225 g/mol. The summed E-state index contributed by atoms with van der Waals surface area (Å²) >= 11 is 0. The van der Waals surface area contributed by atoms with Crippen LogP contribution in [-0.2, 0) is 0 Å². The van der Waals surface area contributed by atoms with Crippen molar-refractivity contribution in [1.82, 2.24) is 4.90 Å². The zero-order chi connectivity index (χ0) is 11.9. The van der Waals surface area contributed by atoms with Crippen molar-refractivity contribution in [3.05, 3.63) is 0 Å². The van der Waals surface area contributed by atoms with Crippen LogP contribution in [0, 0.1) is 17.8 Å². The summed E-state index contributed by atoms with van der Waals surface area (Å²) in [4.78, 5) is 2.58. The van der Waals surface area contributed by atoms with Crippen LogP contribution in [0.4, 0.5) is 0 Å². The summed E-state index contributed by atoms with van der Waals surface area (Å²) in [5.41, 5.74) is 0. The molecule has 0 bridgehead atoms. The van der Waals surface area contributed by atoms with E-state index in [0.29, 0.717) is 23.9 Å². The van der Waals surface area contributed by atoms with Crippen molar-refractivity contribution in [3.63, 3.8) is 0 Å². The fourth-order valence-electron chi connectivity index (χ4n) is 4.10. The molecule has 2 aliphatic rings. The molecule has 16 heavy (non-hydrogen) atoms. The molecule has 1 saturated carbocycles. The number of aliphatic hydroxyl groups is 1. The molecule has 0 aromatic heterocycles. The lowest BCUT2D eigenvalue weighted by Gasteiger charge is -2.44. The molecule has 6 unspecified atom stereocenters. The average Bonchev–Trinajstić information content (AvgIpc) is 2.43. The highest BCUT2D eigenvalue weighted by Gasteiger charge is 2.41. The largest absolute Gasteiger partial charge is 0.391 e. The van der Waals surface area contributed by atoms with Crippen LogP contribution in [0.25, 0.3) is 0 Å². The molecule has 0 aromatic carbocycles. The lowest BCUT2D eigenvalue weighted by Crippen LogP contribution is -2.52. The molecule has 2 heteroatoms. The lowest BCUT2D eigenvalue weighted by molar-refractivity contribution is -0.0281. The predicted molar refractivity (Wildman–Crippen MR) is 67.3 cm³/mol. The Labute approximate surface area is 100 Å². The molecule has 1 heterocycles. The highest BCUT2D eigenvalue weighted by atomic mass is 16.3. The summed E-state index contributed by atoms with van der Waals surface area (Å²) in [5.74, 6) is 2.14. The topological polar surface area (TPSA) is 23.5 Å². The predicted octanol–water partition coefficient (Wildman–Crippen LogP) is 2.51. The number of likely N-dealkylation sites (tertiary alicyclic amines) is 1. The first kappa shape index (κ1) is 12.4. The molecular formula is C14H27NO. The summed E-state index contributed by atoms with van der Waals surface area (Å²) in [6.45, 7) is 10.4. The van der Waals surface area contributed by atoms with Crippen LogP contribution in [-0.4, -0.2) is 34.7 Å². The number of nitrogens with zero attached hydrogens (tertiary/aromatic N) is 1. The Kier molecular flexibility index (Phi) is 3.60. The SMILES string of the molecule is CC1CC(C)C(N2CC(C)CC2C)C(O)C1. The second-order valence-electron chi connectivity index (χ2n) is 6.50. The third-order valence-corrected chi connectivity index (χ3v) is 4.61. The van der Waals surface area contributed by atoms with Gasteiger partial charge >= 0.3 is 0 Å². The zero-order valence-electron chi connectivity index (χ0n) is 11.2. The first-order chi connectivity index (χ1) is 7.49. The van der Waals surface area contributed by atoms with Crippen molar-refractivity contribution >= 4 is 0 Å². The Bertz CT molecular complexity index is 231. The minimum atomic E-state index is -0.105. The van der Waals surface area contributed by atoms with Crippen LogP contribution in [0.3, 0.4) is 0 Å². The third kappa shape index (κ3) is 2.28. The van der Waals surface area contributed by atoms with Crippen molar-refractivity contribution in [2.45, 2.75) is 65.1 Å². The molecule has 94 valence electrons. The molecule has 2 rings (SSSR count). The van der Waals surface area contributed by atoms with E-state index in [4.69, 9.17) is 0 Å². The first-order valence-electron chi connectivity index (χ1n) is 6.92. The van der Waals surface area contributed by atoms with Gasteiger partial charge in [0.2, 0.25) is 0 Å². The van der Waals surface area contributed by atoms with Gasteiger partial charge in [0.1, 0.15) is 0 Å². The first-order valence-corrected chi connectivity index (χ1v) is 6.92. The van der Waals surface area contributed by atoms with E-state index in [1.807, 2.05) is 0 Å². The van der Waals surface area contributed by atoms with Gasteiger partial charge in [-0.1, -0.05) is 20.8 Å². The molecule has 0 radical (unpaired) electrons. The van der Waals surface area contributed by atoms with Gasteiger partial charge in [-0.05, 0) is 43.9 Å². The standard InChI is InChI=1S/C14H27NO/c1-9-5-11(3)14(13(16)7-9)15-8-10(2)6-12(15)4/h9-14,16H,5-8H2,1-4H3. The van der Waals surface area contributed by atoms with E-state index in [0.717, 1.165) is 12.3 Å². The minimum absolute atomic E-state index is 0.105. The van der Waals surface area contributed by atoms with Crippen LogP contribution >= 0.6 is 0 Å². The Hall–Kier alpha value is -0.0800. The Morgan fingerprint density at radius 3 is 2.12 bits per heavy atom. The van der Waals surface area contributed by atoms with Crippen molar-refractivity contribution in [3.8, 4) is 0 Å². The van der Waals surface area contributed by atoms with Crippen molar-refractivity contribution in [2.75, 3.05) is 6.54 Å². The average molecular weight is 225 g/mol. The van der Waals surface area contributed by atoms with E-state index < -0.39 is 0 Å². The molecule has 6 atom stereocenters. The van der Waals surface area contributed by atoms with E-state index in [1.54, 1.807) is 0 Å². The van der Waals surface area contributed by atoms with Crippen LogP contribution in [0.2, 0.25) is 0 Å². The fraction of sp³-hybridized carbons (Fsp3) is 1.00. The van der Waals surface area contributed by atoms with Crippen LogP contribution in [0.15, 0.2) is 0 Å². The summed E-state index contributed by atoms with van der Waals surface area (Å²) in [5, 5.41) is 10.3. The summed E-state index contributed by atoms with van der Waals surface area (Å²) in [6.07, 6.45) is 3.46. The number of hydrogen-bond donors (Lipinski definition) is 1. The van der Waals surface area contributed by atoms with Crippen LogP contribution < -0.4 is 0 Å². The van der Waals surface area contributed by atoms with Gasteiger partial charge in [0.15, 0.2) is 0 Å². The second-order valence-corrected chi connectivity index (χ2v) is 6.50. The lowest BCUT2D eigenvalue weighted by atomic mass is 9.77. The maximum absolute atomic E-state index is 10.3. The van der Waals surface area contributed by atoms with E-state index in [1.165, 1.54) is 19.4 Å². The second kappa shape index (κ2) is 4.66. The summed E-state index contributed by atoms with van der Waals surface area (Å²) in [7, 11) is 0. The van der Waals surface area contributed by atoms with E-state index >= 15 is 0 Å². The normalized spacial score (nSPS) is 50.8. The molecule has 0 spiro atoms. The van der Waals surface area contributed by atoms with E-state index in [2.05, 4.69) is 32.6 Å². The maximum atomic E-state index is 10.3. The maximum Gasteiger partial charge on any atom is 0.0700 e. The number of hydrogen-bond acceptors (Lipinski definition) is 2. The molecule has 2 fully saturated rings. The smallest absolute Gasteiger partial charge is 0.0700 e. The summed E-state index contributed by atoms with van der Waals surface area (Å²) < 4.78 is 0. The van der Waals surface area contributed by atoms with Crippen LogP contribution in [0.5, 0.6) is 0 Å².